The molecule has 1 aromatic heterocycles. The predicted molar refractivity (Wildman–Crippen MR) is 144 cm³/mol. The van der Waals surface area contributed by atoms with Crippen LogP contribution in [0.3, 0.4) is 0 Å². The van der Waals surface area contributed by atoms with Gasteiger partial charge in [0.2, 0.25) is 17.7 Å². The molecule has 2 aromatic carbocycles. The zero-order chi connectivity index (χ0) is 27.6. The number of aromatic nitrogens is 2. The number of nitrogens with zero attached hydrogens (tertiary/aromatic N) is 5. The molecule has 7 rings (SSSR count). The number of benzene rings is 2. The van der Waals surface area contributed by atoms with Crippen LogP contribution in [0.4, 0.5) is 5.69 Å². The van der Waals surface area contributed by atoms with Crippen LogP contribution in [0.15, 0.2) is 42.7 Å². The number of hydrogen-bond donors (Lipinski definition) is 1. The number of anilines is 1. The molecule has 1 atom stereocenters. The minimum absolute atomic E-state index is 0.0173. The average molecular weight is 537 g/mol. The number of imide groups is 1. The molecule has 4 amide bonds. The second-order valence-electron chi connectivity index (χ2n) is 11.3. The summed E-state index contributed by atoms with van der Waals surface area (Å²) < 4.78 is 1.99. The number of carbonyl (C=O) groups is 4. The lowest BCUT2D eigenvalue weighted by Crippen LogP contribution is -2.53. The Hall–Kier alpha value is -4.52. The van der Waals surface area contributed by atoms with Gasteiger partial charge in [-0.3, -0.25) is 34.1 Å². The molecule has 3 aliphatic heterocycles. The van der Waals surface area contributed by atoms with E-state index in [1.165, 1.54) is 0 Å². The number of nitrogens with one attached hydrogen (secondary N) is 1. The fraction of sp³-hybridized carbons (Fsp3) is 0.400. The van der Waals surface area contributed by atoms with Crippen LogP contribution in [0.5, 0.6) is 0 Å². The summed E-state index contributed by atoms with van der Waals surface area (Å²) in [7, 11) is 0. The van der Waals surface area contributed by atoms with Gasteiger partial charge in [0.15, 0.2) is 0 Å². The third-order valence-corrected chi connectivity index (χ3v) is 8.89. The number of amides is 4. The summed E-state index contributed by atoms with van der Waals surface area (Å²) in [5.41, 5.74) is 2.61. The van der Waals surface area contributed by atoms with Gasteiger partial charge in [-0.05, 0) is 60.7 Å². The monoisotopic (exact) mass is 536 g/mol. The van der Waals surface area contributed by atoms with Crippen LogP contribution in [0.2, 0.25) is 0 Å². The summed E-state index contributed by atoms with van der Waals surface area (Å²) in [6.45, 7) is 1.27. The van der Waals surface area contributed by atoms with E-state index in [-0.39, 0.29) is 30.2 Å². The van der Waals surface area contributed by atoms with E-state index in [1.807, 2.05) is 40.0 Å². The van der Waals surface area contributed by atoms with E-state index in [9.17, 15) is 24.4 Å². The Morgan fingerprint density at radius 1 is 1.10 bits per heavy atom. The van der Waals surface area contributed by atoms with Crippen molar-refractivity contribution in [2.24, 2.45) is 5.41 Å². The number of nitriles is 1. The highest BCUT2D eigenvalue weighted by Gasteiger charge is 2.52. The first-order valence-electron chi connectivity index (χ1n) is 13.8. The smallest absolute Gasteiger partial charge is 0.259 e. The number of hydrogen-bond acceptors (Lipinski definition) is 6. The molecule has 3 fully saturated rings. The molecule has 0 bridgehead atoms. The first-order valence-corrected chi connectivity index (χ1v) is 13.8. The minimum Gasteiger partial charge on any atom is -0.341 e. The van der Waals surface area contributed by atoms with Crippen LogP contribution in [0.25, 0.3) is 10.8 Å². The summed E-state index contributed by atoms with van der Waals surface area (Å²) in [4.78, 5) is 53.7. The summed E-state index contributed by atoms with van der Waals surface area (Å²) >= 11 is 0. The van der Waals surface area contributed by atoms with E-state index in [1.54, 1.807) is 11.0 Å². The zero-order valence-corrected chi connectivity index (χ0v) is 21.9. The maximum atomic E-state index is 13.4. The van der Waals surface area contributed by atoms with Gasteiger partial charge in [-0.1, -0.05) is 18.2 Å². The second-order valence-corrected chi connectivity index (χ2v) is 11.3. The van der Waals surface area contributed by atoms with Crippen molar-refractivity contribution in [3.63, 3.8) is 0 Å². The van der Waals surface area contributed by atoms with Crippen molar-refractivity contribution >= 4 is 40.1 Å². The highest BCUT2D eigenvalue weighted by Crippen LogP contribution is 2.47. The van der Waals surface area contributed by atoms with Gasteiger partial charge in [-0.15, -0.1) is 0 Å². The van der Waals surface area contributed by atoms with Crippen molar-refractivity contribution < 1.29 is 19.2 Å². The molecule has 10 heteroatoms. The third kappa shape index (κ3) is 3.79. The summed E-state index contributed by atoms with van der Waals surface area (Å²) in [6, 6.07) is 11.3. The van der Waals surface area contributed by atoms with Crippen LogP contribution in [0, 0.1) is 16.7 Å². The predicted octanol–water partition coefficient (Wildman–Crippen LogP) is 2.86. The summed E-state index contributed by atoms with van der Waals surface area (Å²) in [5.74, 6) is -0.978. The summed E-state index contributed by atoms with van der Waals surface area (Å²) in [6.07, 6.45) is 8.02. The average Bonchev–Trinajstić information content (AvgIpc) is 3.55. The van der Waals surface area contributed by atoms with E-state index in [2.05, 4.69) is 22.7 Å². The quantitative estimate of drug-likeness (QED) is 0.500. The van der Waals surface area contributed by atoms with E-state index in [0.29, 0.717) is 50.0 Å². The molecule has 3 aromatic rings. The first kappa shape index (κ1) is 24.5. The van der Waals surface area contributed by atoms with Gasteiger partial charge >= 0.3 is 0 Å². The van der Waals surface area contributed by atoms with Crippen molar-refractivity contribution in [2.45, 2.75) is 57.0 Å². The Morgan fingerprint density at radius 3 is 2.62 bits per heavy atom. The molecule has 1 aliphatic carbocycles. The Kier molecular flexibility index (Phi) is 5.52. The second kappa shape index (κ2) is 9.01. The van der Waals surface area contributed by atoms with E-state index >= 15 is 0 Å². The van der Waals surface area contributed by atoms with Crippen molar-refractivity contribution in [2.75, 3.05) is 18.0 Å². The highest BCUT2D eigenvalue weighted by molar-refractivity contribution is 6.27. The Morgan fingerprint density at radius 2 is 1.90 bits per heavy atom. The molecule has 1 N–H and O–H groups in total. The molecular weight excluding hydrogens is 508 g/mol. The third-order valence-electron chi connectivity index (χ3n) is 8.89. The molecule has 202 valence electrons. The Labute approximate surface area is 230 Å². The lowest BCUT2D eigenvalue weighted by atomic mass is 9.97. The summed E-state index contributed by atoms with van der Waals surface area (Å²) in [5, 5.41) is 18.2. The molecule has 40 heavy (non-hydrogen) atoms. The largest absolute Gasteiger partial charge is 0.341 e. The SMILES string of the molecule is N#CC1(C(=O)N2CCC(n3cc(Cc4ccc5c6c(cccc46)C(=O)N5[C@@H]4CCC(=O)NC4=O)cn3)CC2)CC1. The van der Waals surface area contributed by atoms with E-state index in [0.717, 1.165) is 34.7 Å². The van der Waals surface area contributed by atoms with Gasteiger partial charge in [0.25, 0.3) is 5.91 Å². The van der Waals surface area contributed by atoms with Gasteiger partial charge in [-0.2, -0.15) is 10.4 Å². The molecule has 4 heterocycles. The lowest BCUT2D eigenvalue weighted by molar-refractivity contribution is -0.136. The molecule has 2 saturated heterocycles. The topological polar surface area (TPSA) is 128 Å². The van der Waals surface area contributed by atoms with Crippen molar-refractivity contribution in [1.82, 2.24) is 20.0 Å². The molecule has 0 radical (unpaired) electrons. The van der Waals surface area contributed by atoms with E-state index < -0.39 is 17.4 Å². The van der Waals surface area contributed by atoms with Gasteiger partial charge in [0.1, 0.15) is 11.5 Å². The van der Waals surface area contributed by atoms with Gasteiger partial charge < -0.3 is 4.90 Å². The van der Waals surface area contributed by atoms with Gasteiger partial charge in [0.05, 0.1) is 24.0 Å². The van der Waals surface area contributed by atoms with E-state index in [4.69, 9.17) is 0 Å². The molecular formula is C30H28N6O4. The number of piperidine rings is 2. The Balaban J connectivity index is 1.09. The molecule has 0 spiro atoms. The normalized spacial score (nSPS) is 22.0. The zero-order valence-electron chi connectivity index (χ0n) is 21.9. The maximum Gasteiger partial charge on any atom is 0.259 e. The van der Waals surface area contributed by atoms with Crippen LogP contribution < -0.4 is 10.2 Å². The van der Waals surface area contributed by atoms with Gasteiger partial charge in [-0.25, -0.2) is 0 Å². The highest BCUT2D eigenvalue weighted by atomic mass is 16.2. The number of likely N-dealkylation sites (tertiary alicyclic amines) is 1. The molecule has 10 nitrogen and oxygen atoms in total. The molecule has 4 aliphatic rings. The number of rotatable bonds is 5. The fourth-order valence-corrected chi connectivity index (χ4v) is 6.48. The van der Waals surface area contributed by atoms with Crippen LogP contribution in [-0.4, -0.2) is 57.4 Å². The van der Waals surface area contributed by atoms with Crippen LogP contribution in [0.1, 0.15) is 66.1 Å². The van der Waals surface area contributed by atoms with Crippen LogP contribution in [-0.2, 0) is 20.8 Å². The maximum absolute atomic E-state index is 13.4. The van der Waals surface area contributed by atoms with Crippen LogP contribution >= 0.6 is 0 Å². The van der Waals surface area contributed by atoms with Crippen molar-refractivity contribution in [3.05, 3.63) is 59.4 Å². The van der Waals surface area contributed by atoms with Crippen molar-refractivity contribution in [3.8, 4) is 6.07 Å². The van der Waals surface area contributed by atoms with Gasteiger partial charge in [0, 0.05) is 43.1 Å². The fourth-order valence-electron chi connectivity index (χ4n) is 6.48. The Bertz CT molecular complexity index is 1640. The standard InChI is InChI=1S/C30H28N6O4/c31-17-30(10-11-30)29(40)34-12-8-20(9-13-34)35-16-18(15-32-35)14-19-4-5-23-26-21(19)2-1-3-22(26)28(39)36(23)24-6-7-25(37)33-27(24)38/h1-5,15-16,20,24H,6-14H2,(H,33,37,38)/t24-/m1/s1. The molecule has 0 unspecified atom stereocenters. The molecule has 1 saturated carbocycles. The number of carbonyl (C=O) groups excluding carboxylic acids is 4. The minimum atomic E-state index is -0.769. The van der Waals surface area contributed by atoms with Crippen molar-refractivity contribution in [1.29, 1.82) is 5.26 Å². The lowest BCUT2D eigenvalue weighted by Gasteiger charge is -2.33. The first-order chi connectivity index (χ1) is 19.4.